The number of rotatable bonds is 18. The van der Waals surface area contributed by atoms with Crippen LogP contribution >= 0.6 is 0 Å². The van der Waals surface area contributed by atoms with Crippen molar-refractivity contribution in [3.05, 3.63) is 54.6 Å². The fraction of sp³-hybridized carbons (Fsp3) is 0.580. The van der Waals surface area contributed by atoms with Gasteiger partial charge in [0.05, 0.1) is 31.7 Å². The summed E-state index contributed by atoms with van der Waals surface area (Å²) in [5.41, 5.74) is 5.25. The third-order valence-corrected chi connectivity index (χ3v) is 9.50. The molecule has 1 aromatic heterocycles. The molecule has 0 radical (unpaired) electrons. The van der Waals surface area contributed by atoms with Crippen molar-refractivity contribution in [3.8, 4) is 12.8 Å². The molecule has 1 saturated carbocycles. The molecule has 9 amide bonds. The lowest BCUT2D eigenvalue weighted by Gasteiger charge is -2.32. The Balaban J connectivity index is 0. The molecule has 20 nitrogen and oxygen atoms in total. The first-order valence-electron chi connectivity index (χ1n) is 23.6. The minimum atomic E-state index is -1.04. The van der Waals surface area contributed by atoms with E-state index in [9.17, 15) is 43.2 Å². The summed E-state index contributed by atoms with van der Waals surface area (Å²) in [7, 11) is 3.14. The van der Waals surface area contributed by atoms with Gasteiger partial charge in [-0.05, 0) is 49.1 Å². The number of carbonyl (C=O) groups is 9. The number of urea groups is 1. The molecule has 3 rings (SSSR count). The molecular weight excluding hydrogens is 899 g/mol. The maximum atomic E-state index is 12.5. The van der Waals surface area contributed by atoms with Crippen LogP contribution in [0.15, 0.2) is 48.9 Å². The molecule has 0 bridgehead atoms. The summed E-state index contributed by atoms with van der Waals surface area (Å²) >= 11 is 0. The van der Waals surface area contributed by atoms with Crippen molar-refractivity contribution in [1.82, 2.24) is 46.4 Å². The lowest BCUT2D eigenvalue weighted by atomic mass is 9.83. The molecule has 20 heteroatoms. The predicted molar refractivity (Wildman–Crippen MR) is 271 cm³/mol. The zero-order valence-electron chi connectivity index (χ0n) is 43.5. The van der Waals surface area contributed by atoms with Gasteiger partial charge in [-0.25, -0.2) is 9.78 Å². The lowest BCUT2D eigenvalue weighted by molar-refractivity contribution is -0.139. The van der Waals surface area contributed by atoms with Crippen LogP contribution < -0.4 is 37.6 Å². The second-order valence-electron chi connectivity index (χ2n) is 18.2. The minimum Gasteiger partial charge on any atom is -0.368 e. The van der Waals surface area contributed by atoms with Crippen molar-refractivity contribution in [2.75, 3.05) is 52.1 Å². The molecule has 2 unspecified atom stereocenters. The third kappa shape index (κ3) is 28.4. The van der Waals surface area contributed by atoms with E-state index in [2.05, 4.69) is 89.3 Å². The van der Waals surface area contributed by atoms with E-state index in [1.54, 1.807) is 73.0 Å². The van der Waals surface area contributed by atoms with E-state index < -0.39 is 77.7 Å². The van der Waals surface area contributed by atoms with Crippen LogP contribution in [0.3, 0.4) is 0 Å². The Kier molecular flexibility index (Phi) is 33.6. The highest BCUT2D eigenvalue weighted by molar-refractivity contribution is 6.37. The standard InChI is InChI=1S/C26H40N6O6.C15H21N5O3.C4H10.C3H8.C2H2/c1-8-32(25(38)29-18-12-10-9-11-13-18)16-17(2)22(35)27-14-19(33)23(36)28-15-20(34)30-21(26(3,4)5)24(37)31(6)7;16-12(21)9-19-15(23)13(10-4-2-1-3-5-10)20-14(22)11-8-17-6-7-18-11;1-4(2)3;1-3-2;1-2/h9-13,17,21H,8,14-16H2,1-7H3,(H,27,35)(H,28,36)(H,29,38)(H,30,34);6-8,10,13H,1-5,9H2,(H2,16,21)(H,19,23)(H,20,22);4H,1-3H3;3H2,1-2H3;1-2H/t17-,21?;;;;/m0..../s1. The van der Waals surface area contributed by atoms with Gasteiger partial charge in [0.25, 0.3) is 11.8 Å². The van der Waals surface area contributed by atoms with Gasteiger partial charge in [-0.2, -0.15) is 0 Å². The number of anilines is 1. The number of para-hydroxylation sites is 1. The molecule has 390 valence electrons. The molecule has 0 spiro atoms. The highest BCUT2D eigenvalue weighted by Crippen LogP contribution is 2.27. The summed E-state index contributed by atoms with van der Waals surface area (Å²) < 4.78 is 0. The van der Waals surface area contributed by atoms with Crippen LogP contribution in [-0.2, 0) is 33.6 Å². The summed E-state index contributed by atoms with van der Waals surface area (Å²) in [5, 5.41) is 15.1. The number of hydrogen-bond acceptors (Lipinski definition) is 11. The maximum Gasteiger partial charge on any atom is 0.321 e. The molecule has 0 saturated heterocycles. The zero-order chi connectivity index (χ0) is 54.0. The number of aromatic nitrogens is 2. The highest BCUT2D eigenvalue weighted by atomic mass is 16.2. The summed E-state index contributed by atoms with van der Waals surface area (Å²) in [6, 6.07) is 7.00. The Hall–Kier alpha value is -6.91. The average Bonchev–Trinajstić information content (AvgIpc) is 3.32. The number of terminal acetylenes is 1. The van der Waals surface area contributed by atoms with Crippen LogP contribution in [0.4, 0.5) is 10.5 Å². The zero-order valence-corrected chi connectivity index (χ0v) is 43.5. The molecule has 70 heavy (non-hydrogen) atoms. The highest BCUT2D eigenvalue weighted by Gasteiger charge is 2.34. The van der Waals surface area contributed by atoms with Gasteiger partial charge >= 0.3 is 6.03 Å². The molecule has 1 aliphatic carbocycles. The third-order valence-electron chi connectivity index (χ3n) is 9.50. The van der Waals surface area contributed by atoms with Gasteiger partial charge < -0.3 is 47.4 Å². The van der Waals surface area contributed by atoms with Gasteiger partial charge in [0, 0.05) is 45.3 Å². The average molecular weight is 980 g/mol. The van der Waals surface area contributed by atoms with Crippen LogP contribution in [0.1, 0.15) is 118 Å². The monoisotopic (exact) mass is 980 g/mol. The van der Waals surface area contributed by atoms with Gasteiger partial charge in [-0.15, -0.1) is 12.8 Å². The van der Waals surface area contributed by atoms with Gasteiger partial charge in [0.2, 0.25) is 35.3 Å². The number of benzene rings is 1. The number of hydrogen-bond donors (Lipinski definition) is 7. The molecule has 1 fully saturated rings. The second kappa shape index (κ2) is 36.1. The summed E-state index contributed by atoms with van der Waals surface area (Å²) in [4.78, 5) is 120. The molecule has 3 atom stereocenters. The molecule has 0 aliphatic heterocycles. The number of nitrogens with two attached hydrogens (primary N) is 1. The van der Waals surface area contributed by atoms with E-state index in [1.165, 1.54) is 34.8 Å². The number of ketones is 1. The van der Waals surface area contributed by atoms with Crippen molar-refractivity contribution in [2.45, 2.75) is 120 Å². The first-order chi connectivity index (χ1) is 32.9. The summed E-state index contributed by atoms with van der Waals surface area (Å²) in [6.07, 6.45) is 18.4. The fourth-order valence-corrected chi connectivity index (χ4v) is 6.07. The van der Waals surface area contributed by atoms with Crippen LogP contribution in [-0.4, -0.2) is 132 Å². The largest absolute Gasteiger partial charge is 0.368 e. The van der Waals surface area contributed by atoms with Crippen LogP contribution in [0.5, 0.6) is 0 Å². The van der Waals surface area contributed by atoms with Gasteiger partial charge in [-0.3, -0.25) is 43.3 Å². The van der Waals surface area contributed by atoms with E-state index in [0.29, 0.717) is 12.2 Å². The topological polar surface area (TPSA) is 284 Å². The first-order valence-corrected chi connectivity index (χ1v) is 23.6. The SMILES string of the molecule is C#C.CC(C)C.CCC.CCN(C[C@H](C)C(=O)NCC(=O)C(=O)NCC(=O)NC(C(=O)N(C)C)C(C)(C)C)C(=O)Nc1ccccc1.NC(=O)CNC(=O)C(NC(=O)c1cnccn1)C1CCCCC1. The maximum absolute atomic E-state index is 12.5. The summed E-state index contributed by atoms with van der Waals surface area (Å²) in [6.45, 7) is 18.6. The molecule has 2 aromatic rings. The Bertz CT molecular complexity index is 1930. The summed E-state index contributed by atoms with van der Waals surface area (Å²) in [5.74, 6) is -4.68. The Labute approximate surface area is 415 Å². The quantitative estimate of drug-likeness (QED) is 0.0836. The van der Waals surface area contributed by atoms with E-state index in [-0.39, 0.29) is 36.6 Å². The van der Waals surface area contributed by atoms with E-state index in [0.717, 1.165) is 38.0 Å². The van der Waals surface area contributed by atoms with E-state index in [4.69, 9.17) is 5.73 Å². The van der Waals surface area contributed by atoms with Crippen LogP contribution in [0, 0.1) is 36.0 Å². The molecule has 1 heterocycles. The number of Topliss-reactive ketones (excluding diaryl/α,β-unsaturated/α-hetero) is 1. The van der Waals surface area contributed by atoms with Crippen LogP contribution in [0.2, 0.25) is 0 Å². The smallest absolute Gasteiger partial charge is 0.321 e. The van der Waals surface area contributed by atoms with Crippen molar-refractivity contribution in [1.29, 1.82) is 0 Å². The Morgan fingerprint density at radius 2 is 1.34 bits per heavy atom. The van der Waals surface area contributed by atoms with E-state index >= 15 is 0 Å². The number of primary amides is 1. The van der Waals surface area contributed by atoms with Crippen molar-refractivity contribution in [3.63, 3.8) is 0 Å². The van der Waals surface area contributed by atoms with Crippen LogP contribution in [0.25, 0.3) is 0 Å². The number of carbonyl (C=O) groups excluding carboxylic acids is 9. The van der Waals surface area contributed by atoms with Gasteiger partial charge in [0.1, 0.15) is 17.8 Å². The van der Waals surface area contributed by atoms with E-state index in [1.807, 2.05) is 6.07 Å². The second-order valence-corrected chi connectivity index (χ2v) is 18.2. The molecule has 1 aliphatic rings. The number of likely N-dealkylation sites (N-methyl/N-ethyl adjacent to an activating group) is 1. The van der Waals surface area contributed by atoms with Gasteiger partial charge in [-0.1, -0.05) is 106 Å². The lowest BCUT2D eigenvalue weighted by Crippen LogP contribution is -2.55. The number of amides is 9. The Morgan fingerprint density at radius 1 is 0.786 bits per heavy atom. The minimum absolute atomic E-state index is 0.0391. The first kappa shape index (κ1) is 65.2. The van der Waals surface area contributed by atoms with Crippen molar-refractivity contribution >= 4 is 58.9 Å². The Morgan fingerprint density at radius 3 is 1.83 bits per heavy atom. The molecule has 1 aromatic carbocycles. The normalized spacial score (nSPS) is 12.9. The number of nitrogens with zero attached hydrogens (tertiary/aromatic N) is 4. The van der Waals surface area contributed by atoms with Crippen molar-refractivity contribution in [2.24, 2.45) is 28.9 Å². The molecule has 8 N–H and O–H groups in total. The fourth-order valence-electron chi connectivity index (χ4n) is 6.07. The van der Waals surface area contributed by atoms with Gasteiger partial charge in [0.15, 0.2) is 0 Å². The predicted octanol–water partition coefficient (Wildman–Crippen LogP) is 3.68. The van der Waals surface area contributed by atoms with Crippen molar-refractivity contribution < 1.29 is 43.2 Å². The number of nitrogens with one attached hydrogen (secondary N) is 6. The molecular formula is C50H81N11O9.